The van der Waals surface area contributed by atoms with Gasteiger partial charge in [-0.3, -0.25) is 4.79 Å². The van der Waals surface area contributed by atoms with E-state index in [1.807, 2.05) is 0 Å². The van der Waals surface area contributed by atoms with Crippen molar-refractivity contribution in [2.45, 2.75) is 20.3 Å². The Labute approximate surface area is 65.8 Å². The van der Waals surface area contributed by atoms with Crippen molar-refractivity contribution in [1.29, 1.82) is 0 Å². The topological polar surface area (TPSA) is 26.3 Å². The first-order valence-corrected chi connectivity index (χ1v) is 3.52. The predicted molar refractivity (Wildman–Crippen MR) is 40.9 cm³/mol. The van der Waals surface area contributed by atoms with E-state index < -0.39 is 0 Å². The van der Waals surface area contributed by atoms with Gasteiger partial charge in [0.05, 0.1) is 13.0 Å². The van der Waals surface area contributed by atoms with Crippen LogP contribution in [0, 0.1) is 0 Å². The van der Waals surface area contributed by atoms with Gasteiger partial charge in [-0.2, -0.15) is 0 Å². The fraction of sp³-hybridized carbons (Fsp3) is 0.571. The number of hydrogen-bond acceptors (Lipinski definition) is 2. The van der Waals surface area contributed by atoms with Gasteiger partial charge in [0, 0.05) is 5.03 Å². The van der Waals surface area contributed by atoms with Crippen molar-refractivity contribution in [3.63, 3.8) is 0 Å². The molecule has 0 bridgehead atoms. The number of ether oxygens (including phenoxy) is 1. The summed E-state index contributed by atoms with van der Waals surface area (Å²) >= 11 is 5.48. The molecule has 0 unspecified atom stereocenters. The number of esters is 1. The SMILES string of the molecule is CCOC(=O)C/C=C(/C)Cl. The number of allylic oxidation sites excluding steroid dienone is 1. The van der Waals surface area contributed by atoms with Crippen LogP contribution in [0.25, 0.3) is 0 Å². The van der Waals surface area contributed by atoms with Crippen molar-refractivity contribution < 1.29 is 9.53 Å². The highest BCUT2D eigenvalue weighted by Gasteiger charge is 1.96. The summed E-state index contributed by atoms with van der Waals surface area (Å²) in [6.07, 6.45) is 1.89. The third-order valence-electron chi connectivity index (χ3n) is 0.855. The standard InChI is InChI=1S/C7H11ClO2/c1-3-10-7(9)5-4-6(2)8/h4H,3,5H2,1-2H3/b6-4-. The van der Waals surface area contributed by atoms with Crippen LogP contribution >= 0.6 is 11.6 Å². The normalized spacial score (nSPS) is 11.3. The maximum absolute atomic E-state index is 10.6. The Morgan fingerprint density at radius 2 is 2.30 bits per heavy atom. The maximum Gasteiger partial charge on any atom is 0.309 e. The van der Waals surface area contributed by atoms with Crippen molar-refractivity contribution in [3.05, 3.63) is 11.1 Å². The molecule has 0 rings (SSSR count). The average Bonchev–Trinajstić information content (AvgIpc) is 1.85. The van der Waals surface area contributed by atoms with Gasteiger partial charge in [0.25, 0.3) is 0 Å². The summed E-state index contributed by atoms with van der Waals surface area (Å²) in [6.45, 7) is 3.92. The molecule has 0 atom stereocenters. The highest BCUT2D eigenvalue weighted by molar-refractivity contribution is 6.29. The summed E-state index contributed by atoms with van der Waals surface area (Å²) in [6, 6.07) is 0. The molecule has 0 aliphatic heterocycles. The Morgan fingerprint density at radius 1 is 1.70 bits per heavy atom. The second-order valence-corrected chi connectivity index (χ2v) is 2.40. The minimum atomic E-state index is -0.234. The van der Waals surface area contributed by atoms with Crippen LogP contribution in [0.2, 0.25) is 0 Å². The van der Waals surface area contributed by atoms with E-state index in [1.165, 1.54) is 0 Å². The van der Waals surface area contributed by atoms with E-state index >= 15 is 0 Å². The van der Waals surface area contributed by atoms with E-state index in [4.69, 9.17) is 11.6 Å². The van der Waals surface area contributed by atoms with E-state index in [0.29, 0.717) is 11.6 Å². The monoisotopic (exact) mass is 162 g/mol. The zero-order valence-electron chi connectivity index (χ0n) is 6.19. The van der Waals surface area contributed by atoms with Crippen LogP contribution in [0.1, 0.15) is 20.3 Å². The Kier molecular flexibility index (Phi) is 5.03. The van der Waals surface area contributed by atoms with Crippen molar-refractivity contribution in [3.8, 4) is 0 Å². The summed E-state index contributed by atoms with van der Waals surface area (Å²) in [4.78, 5) is 10.6. The van der Waals surface area contributed by atoms with E-state index in [-0.39, 0.29) is 12.4 Å². The molecule has 0 amide bonds. The van der Waals surface area contributed by atoms with Crippen molar-refractivity contribution >= 4 is 17.6 Å². The van der Waals surface area contributed by atoms with Gasteiger partial charge in [-0.05, 0) is 13.8 Å². The lowest BCUT2D eigenvalue weighted by atomic mass is 10.4. The zero-order valence-corrected chi connectivity index (χ0v) is 6.94. The van der Waals surface area contributed by atoms with Crippen LogP contribution in [0.5, 0.6) is 0 Å². The molecule has 0 aromatic heterocycles. The Bertz CT molecular complexity index is 137. The van der Waals surface area contributed by atoms with Gasteiger partial charge in [0.1, 0.15) is 0 Å². The molecule has 0 aliphatic carbocycles. The van der Waals surface area contributed by atoms with Crippen LogP contribution in [-0.4, -0.2) is 12.6 Å². The molecule has 0 fully saturated rings. The van der Waals surface area contributed by atoms with Gasteiger partial charge >= 0.3 is 5.97 Å². The van der Waals surface area contributed by atoms with Gasteiger partial charge in [-0.15, -0.1) is 0 Å². The molecular formula is C7H11ClO2. The third-order valence-corrected chi connectivity index (χ3v) is 1.01. The van der Waals surface area contributed by atoms with Gasteiger partial charge in [0.15, 0.2) is 0 Å². The largest absolute Gasteiger partial charge is 0.466 e. The van der Waals surface area contributed by atoms with E-state index in [2.05, 4.69) is 4.74 Å². The molecule has 2 nitrogen and oxygen atoms in total. The molecule has 0 heterocycles. The summed E-state index contributed by atoms with van der Waals surface area (Å²) in [7, 11) is 0. The first kappa shape index (κ1) is 9.50. The highest BCUT2D eigenvalue weighted by atomic mass is 35.5. The summed E-state index contributed by atoms with van der Waals surface area (Å²) in [5.41, 5.74) is 0. The number of carbonyl (C=O) groups excluding carboxylic acids is 1. The van der Waals surface area contributed by atoms with Crippen LogP contribution in [0.4, 0.5) is 0 Å². The quantitative estimate of drug-likeness (QED) is 0.594. The molecule has 0 saturated heterocycles. The van der Waals surface area contributed by atoms with Crippen LogP contribution in [0.3, 0.4) is 0 Å². The molecule has 0 saturated carbocycles. The minimum Gasteiger partial charge on any atom is -0.466 e. The van der Waals surface area contributed by atoms with Crippen LogP contribution < -0.4 is 0 Å². The number of hydrogen-bond donors (Lipinski definition) is 0. The lowest BCUT2D eigenvalue weighted by Crippen LogP contribution is -2.01. The third kappa shape index (κ3) is 5.63. The van der Waals surface area contributed by atoms with Crippen molar-refractivity contribution in [1.82, 2.24) is 0 Å². The lowest BCUT2D eigenvalue weighted by molar-refractivity contribution is -0.142. The summed E-state index contributed by atoms with van der Waals surface area (Å²) in [5.74, 6) is -0.234. The Hall–Kier alpha value is -0.500. The Balaban J connectivity index is 3.49. The van der Waals surface area contributed by atoms with Gasteiger partial charge in [-0.25, -0.2) is 0 Å². The molecule has 10 heavy (non-hydrogen) atoms. The molecule has 3 heteroatoms. The molecule has 0 radical (unpaired) electrons. The molecule has 58 valence electrons. The molecular weight excluding hydrogens is 152 g/mol. The average molecular weight is 163 g/mol. The van der Waals surface area contributed by atoms with Crippen molar-refractivity contribution in [2.75, 3.05) is 6.61 Å². The lowest BCUT2D eigenvalue weighted by Gasteiger charge is -1.96. The fourth-order valence-electron chi connectivity index (χ4n) is 0.444. The second-order valence-electron chi connectivity index (χ2n) is 1.80. The molecule has 0 spiro atoms. The number of carbonyl (C=O) groups is 1. The molecule has 0 aromatic carbocycles. The Morgan fingerprint density at radius 3 is 2.70 bits per heavy atom. The molecule has 0 N–H and O–H groups in total. The summed E-state index contributed by atoms with van der Waals surface area (Å²) < 4.78 is 4.65. The fourth-order valence-corrected chi connectivity index (χ4v) is 0.521. The van der Waals surface area contributed by atoms with Gasteiger partial charge < -0.3 is 4.74 Å². The van der Waals surface area contributed by atoms with E-state index in [1.54, 1.807) is 19.9 Å². The molecule has 0 aliphatic rings. The van der Waals surface area contributed by atoms with Crippen LogP contribution in [-0.2, 0) is 9.53 Å². The maximum atomic E-state index is 10.6. The zero-order chi connectivity index (χ0) is 7.98. The predicted octanol–water partition coefficient (Wildman–Crippen LogP) is 2.08. The van der Waals surface area contributed by atoms with E-state index in [9.17, 15) is 4.79 Å². The smallest absolute Gasteiger partial charge is 0.309 e. The molecule has 0 aromatic rings. The minimum absolute atomic E-state index is 0.234. The second kappa shape index (κ2) is 5.30. The summed E-state index contributed by atoms with van der Waals surface area (Å²) in [5, 5.41) is 0.619. The number of rotatable bonds is 3. The van der Waals surface area contributed by atoms with Crippen molar-refractivity contribution in [2.24, 2.45) is 0 Å². The highest BCUT2D eigenvalue weighted by Crippen LogP contribution is 2.00. The van der Waals surface area contributed by atoms with Gasteiger partial charge in [-0.1, -0.05) is 17.7 Å². The van der Waals surface area contributed by atoms with Gasteiger partial charge in [0.2, 0.25) is 0 Å². The van der Waals surface area contributed by atoms with Crippen LogP contribution in [0.15, 0.2) is 11.1 Å². The number of halogens is 1. The first-order chi connectivity index (χ1) is 4.66. The van der Waals surface area contributed by atoms with E-state index in [0.717, 1.165) is 0 Å². The first-order valence-electron chi connectivity index (χ1n) is 3.14.